The van der Waals surface area contributed by atoms with Gasteiger partial charge in [-0.15, -0.1) is 0 Å². The number of hydrogen-bond acceptors (Lipinski definition) is 2. The number of nitrogens with zero attached hydrogens (tertiary/aromatic N) is 1. The minimum absolute atomic E-state index is 0.283. The van der Waals surface area contributed by atoms with Gasteiger partial charge in [-0.1, -0.05) is 30.3 Å². The summed E-state index contributed by atoms with van der Waals surface area (Å²) in [4.78, 5) is 4.16. The van der Waals surface area contributed by atoms with E-state index in [0.717, 1.165) is 13.0 Å². The first-order valence-corrected chi connectivity index (χ1v) is 6.51. The maximum absolute atomic E-state index is 5.89. The van der Waals surface area contributed by atoms with Crippen molar-refractivity contribution in [3.05, 3.63) is 65.5 Å². The van der Waals surface area contributed by atoms with Crippen molar-refractivity contribution >= 4 is 0 Å². The van der Waals surface area contributed by atoms with Crippen LogP contribution in [-0.4, -0.2) is 11.5 Å². The smallest absolute Gasteiger partial charge is 0.0303 e. The van der Waals surface area contributed by atoms with Crippen LogP contribution in [0.2, 0.25) is 0 Å². The van der Waals surface area contributed by atoms with Crippen LogP contribution in [0, 0.1) is 0 Å². The lowest BCUT2D eigenvalue weighted by Crippen LogP contribution is -2.19. The van der Waals surface area contributed by atoms with E-state index in [2.05, 4.69) is 35.3 Å². The molecule has 0 radical (unpaired) electrons. The number of benzene rings is 1. The highest BCUT2D eigenvalue weighted by Crippen LogP contribution is 2.47. The molecule has 1 heterocycles. The first-order chi connectivity index (χ1) is 8.82. The molecule has 0 atom stereocenters. The third-order valence-electron chi connectivity index (χ3n) is 3.91. The van der Waals surface area contributed by atoms with E-state index in [0.29, 0.717) is 0 Å². The van der Waals surface area contributed by atoms with E-state index >= 15 is 0 Å². The Balaban J connectivity index is 1.84. The fourth-order valence-corrected chi connectivity index (χ4v) is 2.51. The van der Waals surface area contributed by atoms with E-state index in [1.54, 1.807) is 0 Å². The van der Waals surface area contributed by atoms with E-state index in [1.165, 1.54) is 29.5 Å². The van der Waals surface area contributed by atoms with Gasteiger partial charge < -0.3 is 5.73 Å². The van der Waals surface area contributed by atoms with Gasteiger partial charge in [-0.3, -0.25) is 4.98 Å². The topological polar surface area (TPSA) is 38.9 Å². The van der Waals surface area contributed by atoms with Gasteiger partial charge in [-0.05, 0) is 42.0 Å². The molecule has 2 aromatic rings. The third-order valence-corrected chi connectivity index (χ3v) is 3.91. The van der Waals surface area contributed by atoms with Gasteiger partial charge in [0.2, 0.25) is 0 Å². The van der Waals surface area contributed by atoms with E-state index in [1.807, 2.05) is 18.5 Å². The van der Waals surface area contributed by atoms with Crippen molar-refractivity contribution in [2.75, 3.05) is 6.54 Å². The van der Waals surface area contributed by atoms with Crippen LogP contribution in [0.5, 0.6) is 0 Å². The van der Waals surface area contributed by atoms with Crippen LogP contribution in [0.3, 0.4) is 0 Å². The molecule has 1 saturated carbocycles. The zero-order chi connectivity index (χ0) is 12.4. The van der Waals surface area contributed by atoms with Crippen LogP contribution in [0.15, 0.2) is 48.8 Å². The molecule has 92 valence electrons. The number of aromatic nitrogens is 1. The van der Waals surface area contributed by atoms with Gasteiger partial charge in [-0.25, -0.2) is 0 Å². The van der Waals surface area contributed by atoms with Gasteiger partial charge in [0.1, 0.15) is 0 Å². The van der Waals surface area contributed by atoms with Gasteiger partial charge >= 0.3 is 0 Å². The summed E-state index contributed by atoms with van der Waals surface area (Å²) in [7, 11) is 0. The Morgan fingerprint density at radius 1 is 1.11 bits per heavy atom. The molecule has 1 aliphatic rings. The Labute approximate surface area is 108 Å². The van der Waals surface area contributed by atoms with Crippen molar-refractivity contribution < 1.29 is 0 Å². The van der Waals surface area contributed by atoms with Crippen LogP contribution in [-0.2, 0) is 11.8 Å². The molecule has 1 aliphatic carbocycles. The second-order valence-electron chi connectivity index (χ2n) is 5.22. The second-order valence-corrected chi connectivity index (χ2v) is 5.22. The molecule has 2 N–H and O–H groups in total. The van der Waals surface area contributed by atoms with Crippen LogP contribution >= 0.6 is 0 Å². The highest BCUT2D eigenvalue weighted by Gasteiger charge is 2.42. The fourth-order valence-electron chi connectivity index (χ4n) is 2.51. The molecule has 0 saturated heterocycles. The van der Waals surface area contributed by atoms with Crippen molar-refractivity contribution in [2.45, 2.75) is 24.7 Å². The summed E-state index contributed by atoms with van der Waals surface area (Å²) in [5.41, 5.74) is 10.2. The molecule has 0 bridgehead atoms. The highest BCUT2D eigenvalue weighted by molar-refractivity contribution is 5.36. The summed E-state index contributed by atoms with van der Waals surface area (Å²) in [6.07, 6.45) is 7.16. The van der Waals surface area contributed by atoms with Gasteiger partial charge in [0, 0.05) is 24.4 Å². The largest absolute Gasteiger partial charge is 0.330 e. The van der Waals surface area contributed by atoms with Gasteiger partial charge in [0.05, 0.1) is 0 Å². The Morgan fingerprint density at radius 2 is 1.94 bits per heavy atom. The van der Waals surface area contributed by atoms with Crippen molar-refractivity contribution in [1.82, 2.24) is 4.98 Å². The molecular formula is C16H18N2. The van der Waals surface area contributed by atoms with E-state index in [9.17, 15) is 0 Å². The van der Waals surface area contributed by atoms with Gasteiger partial charge in [-0.2, -0.15) is 0 Å². The van der Waals surface area contributed by atoms with E-state index in [4.69, 9.17) is 5.73 Å². The second kappa shape index (κ2) is 4.54. The zero-order valence-corrected chi connectivity index (χ0v) is 10.5. The summed E-state index contributed by atoms with van der Waals surface area (Å²) in [6.45, 7) is 0.767. The average Bonchev–Trinajstić information content (AvgIpc) is 3.21. The van der Waals surface area contributed by atoms with Crippen molar-refractivity contribution in [3.63, 3.8) is 0 Å². The molecule has 0 unspecified atom stereocenters. The summed E-state index contributed by atoms with van der Waals surface area (Å²) in [5, 5.41) is 0. The Bertz CT molecular complexity index is 530. The minimum atomic E-state index is 0.283. The molecule has 2 nitrogen and oxygen atoms in total. The predicted molar refractivity (Wildman–Crippen MR) is 73.5 cm³/mol. The summed E-state index contributed by atoms with van der Waals surface area (Å²) >= 11 is 0. The maximum Gasteiger partial charge on any atom is 0.0303 e. The summed E-state index contributed by atoms with van der Waals surface area (Å²) in [6, 6.07) is 13.0. The fraction of sp³-hybridized carbons (Fsp3) is 0.312. The molecule has 0 spiro atoms. The standard InChI is InChI=1S/C16H18N2/c17-12-16(6-7-16)15-5-1-3-13(10-15)9-14-4-2-8-18-11-14/h1-5,8,10-11H,6-7,9,12,17H2. The summed E-state index contributed by atoms with van der Waals surface area (Å²) in [5.74, 6) is 0. The van der Waals surface area contributed by atoms with Crippen molar-refractivity contribution in [2.24, 2.45) is 5.73 Å². The lowest BCUT2D eigenvalue weighted by molar-refractivity contribution is 0.703. The molecule has 0 amide bonds. The average molecular weight is 238 g/mol. The molecule has 2 heteroatoms. The third kappa shape index (κ3) is 2.16. The SMILES string of the molecule is NCC1(c2cccc(Cc3cccnc3)c2)CC1. The summed E-state index contributed by atoms with van der Waals surface area (Å²) < 4.78 is 0. The van der Waals surface area contributed by atoms with Crippen molar-refractivity contribution in [3.8, 4) is 0 Å². The zero-order valence-electron chi connectivity index (χ0n) is 10.5. The van der Waals surface area contributed by atoms with Crippen LogP contribution in [0.25, 0.3) is 0 Å². The van der Waals surface area contributed by atoms with Gasteiger partial charge in [0.15, 0.2) is 0 Å². The maximum atomic E-state index is 5.89. The Kier molecular flexibility index (Phi) is 2.88. The van der Waals surface area contributed by atoms with Crippen LogP contribution in [0.4, 0.5) is 0 Å². The molecule has 3 rings (SSSR count). The predicted octanol–water partition coefficient (Wildman–Crippen LogP) is 2.66. The van der Waals surface area contributed by atoms with Crippen molar-refractivity contribution in [1.29, 1.82) is 0 Å². The van der Waals surface area contributed by atoms with Gasteiger partial charge in [0.25, 0.3) is 0 Å². The van der Waals surface area contributed by atoms with E-state index < -0.39 is 0 Å². The molecule has 0 aliphatic heterocycles. The molecule has 1 aromatic heterocycles. The number of nitrogens with two attached hydrogens (primary N) is 1. The van der Waals surface area contributed by atoms with Crippen LogP contribution < -0.4 is 5.73 Å². The van der Waals surface area contributed by atoms with Crippen LogP contribution in [0.1, 0.15) is 29.5 Å². The molecule has 1 aromatic carbocycles. The molecule has 18 heavy (non-hydrogen) atoms. The first-order valence-electron chi connectivity index (χ1n) is 6.51. The Morgan fingerprint density at radius 3 is 2.61 bits per heavy atom. The Hall–Kier alpha value is -1.67. The number of rotatable bonds is 4. The number of pyridine rings is 1. The first kappa shape index (κ1) is 11.4. The molecule has 1 fully saturated rings. The quantitative estimate of drug-likeness (QED) is 0.889. The number of hydrogen-bond donors (Lipinski definition) is 1. The minimum Gasteiger partial charge on any atom is -0.330 e. The van der Waals surface area contributed by atoms with E-state index in [-0.39, 0.29) is 5.41 Å². The monoisotopic (exact) mass is 238 g/mol. The lowest BCUT2D eigenvalue weighted by atomic mass is 9.93. The lowest BCUT2D eigenvalue weighted by Gasteiger charge is -2.14. The molecular weight excluding hydrogens is 220 g/mol. The highest BCUT2D eigenvalue weighted by atomic mass is 14.7. The normalized spacial score (nSPS) is 16.5.